The Labute approximate surface area is 80.9 Å². The van der Waals surface area contributed by atoms with Gasteiger partial charge in [-0.15, -0.1) is 11.3 Å². The van der Waals surface area contributed by atoms with Crippen LogP contribution in [0.4, 0.5) is 5.00 Å². The van der Waals surface area contributed by atoms with Gasteiger partial charge in [0, 0.05) is 4.88 Å². The van der Waals surface area contributed by atoms with E-state index in [2.05, 4.69) is 12.3 Å². The summed E-state index contributed by atoms with van der Waals surface area (Å²) >= 11 is 1.44. The minimum Gasteiger partial charge on any atom is -0.390 e. The Morgan fingerprint density at radius 1 is 1.69 bits per heavy atom. The van der Waals surface area contributed by atoms with Gasteiger partial charge in [0.15, 0.2) is 0 Å². The summed E-state index contributed by atoms with van der Waals surface area (Å²) in [5.41, 5.74) is 8.20. The van der Waals surface area contributed by atoms with E-state index in [0.29, 0.717) is 10.6 Å². The van der Waals surface area contributed by atoms with Crippen LogP contribution in [0.3, 0.4) is 0 Å². The molecule has 0 saturated carbocycles. The van der Waals surface area contributed by atoms with Crippen LogP contribution in [-0.4, -0.2) is 5.91 Å². The Bertz CT molecular complexity index is 308. The number of rotatable bonds is 3. The Balaban J connectivity index is 2.89. The molecular formula is C8H13N3OS. The third-order valence-electron chi connectivity index (χ3n) is 1.68. The minimum atomic E-state index is -0.323. The maximum atomic E-state index is 11.1. The summed E-state index contributed by atoms with van der Waals surface area (Å²) in [6.07, 6.45) is 2.00. The molecule has 1 heterocycles. The number of hydrogen-bond donors (Lipinski definition) is 3. The van der Waals surface area contributed by atoms with Gasteiger partial charge in [0.2, 0.25) is 0 Å². The lowest BCUT2D eigenvalue weighted by Gasteiger charge is -1.95. The fourth-order valence-corrected chi connectivity index (χ4v) is 2.11. The zero-order valence-corrected chi connectivity index (χ0v) is 8.28. The van der Waals surface area contributed by atoms with Crippen molar-refractivity contribution in [3.8, 4) is 0 Å². The highest BCUT2D eigenvalue weighted by Crippen LogP contribution is 2.25. The standard InChI is InChI=1S/C8H13N3OS/c1-2-3-5-4-6(7(9)13-5)8(12)11-10/h4H,2-3,9-10H2,1H3,(H,11,12). The molecular weight excluding hydrogens is 186 g/mol. The third kappa shape index (κ3) is 2.19. The van der Waals surface area contributed by atoms with E-state index in [0.717, 1.165) is 17.7 Å². The molecule has 0 unspecified atom stereocenters. The molecule has 0 atom stereocenters. The predicted octanol–water partition coefficient (Wildman–Crippen LogP) is 0.886. The summed E-state index contributed by atoms with van der Waals surface area (Å²) in [6.45, 7) is 2.08. The van der Waals surface area contributed by atoms with Gasteiger partial charge in [0.1, 0.15) is 0 Å². The van der Waals surface area contributed by atoms with E-state index in [1.54, 1.807) is 6.07 Å². The SMILES string of the molecule is CCCc1cc(C(=O)NN)c(N)s1. The van der Waals surface area contributed by atoms with Crippen LogP contribution in [-0.2, 0) is 6.42 Å². The summed E-state index contributed by atoms with van der Waals surface area (Å²) in [6, 6.07) is 1.80. The van der Waals surface area contributed by atoms with Crippen LogP contribution in [0.5, 0.6) is 0 Å². The molecule has 0 aromatic carbocycles. The average Bonchev–Trinajstić information content (AvgIpc) is 2.46. The lowest BCUT2D eigenvalue weighted by atomic mass is 10.2. The van der Waals surface area contributed by atoms with Crippen LogP contribution < -0.4 is 17.0 Å². The van der Waals surface area contributed by atoms with Crippen molar-refractivity contribution in [2.75, 3.05) is 5.73 Å². The van der Waals surface area contributed by atoms with Crippen molar-refractivity contribution in [2.24, 2.45) is 5.84 Å². The van der Waals surface area contributed by atoms with Gasteiger partial charge in [-0.25, -0.2) is 5.84 Å². The molecule has 1 amide bonds. The number of nitrogens with two attached hydrogens (primary N) is 2. The van der Waals surface area contributed by atoms with E-state index < -0.39 is 0 Å². The van der Waals surface area contributed by atoms with E-state index in [9.17, 15) is 4.79 Å². The molecule has 1 aromatic heterocycles. The van der Waals surface area contributed by atoms with Crippen LogP contribution >= 0.6 is 11.3 Å². The number of anilines is 1. The summed E-state index contributed by atoms with van der Waals surface area (Å²) < 4.78 is 0. The first kappa shape index (κ1) is 10.0. The molecule has 13 heavy (non-hydrogen) atoms. The monoisotopic (exact) mass is 199 g/mol. The van der Waals surface area contributed by atoms with Crippen molar-refractivity contribution < 1.29 is 4.79 Å². The van der Waals surface area contributed by atoms with Crippen LogP contribution in [0.1, 0.15) is 28.6 Å². The number of nitrogen functional groups attached to an aromatic ring is 2. The maximum Gasteiger partial charge on any atom is 0.268 e. The number of carbonyl (C=O) groups is 1. The van der Waals surface area contributed by atoms with Crippen LogP contribution in [0.2, 0.25) is 0 Å². The highest BCUT2D eigenvalue weighted by molar-refractivity contribution is 7.16. The number of hydrazine groups is 1. The summed E-state index contributed by atoms with van der Waals surface area (Å²) in [5.74, 6) is 4.68. The molecule has 0 bridgehead atoms. The van der Waals surface area contributed by atoms with Gasteiger partial charge in [-0.2, -0.15) is 0 Å². The van der Waals surface area contributed by atoms with Crippen molar-refractivity contribution in [1.29, 1.82) is 0 Å². The van der Waals surface area contributed by atoms with Crippen molar-refractivity contribution in [1.82, 2.24) is 5.43 Å². The van der Waals surface area contributed by atoms with E-state index in [1.165, 1.54) is 11.3 Å². The predicted molar refractivity (Wildman–Crippen MR) is 54.4 cm³/mol. The molecule has 72 valence electrons. The largest absolute Gasteiger partial charge is 0.390 e. The van der Waals surface area contributed by atoms with E-state index >= 15 is 0 Å². The Hall–Kier alpha value is -1.07. The summed E-state index contributed by atoms with van der Waals surface area (Å²) in [7, 11) is 0. The van der Waals surface area contributed by atoms with Gasteiger partial charge in [-0.3, -0.25) is 10.2 Å². The molecule has 5 heteroatoms. The molecule has 0 fully saturated rings. The molecule has 0 aliphatic heterocycles. The van der Waals surface area contributed by atoms with Crippen LogP contribution in [0, 0.1) is 0 Å². The summed E-state index contributed by atoms with van der Waals surface area (Å²) in [4.78, 5) is 12.3. The first-order valence-corrected chi connectivity index (χ1v) is 4.89. The number of nitrogens with one attached hydrogen (secondary N) is 1. The third-order valence-corrected chi connectivity index (χ3v) is 2.71. The van der Waals surface area contributed by atoms with Gasteiger partial charge < -0.3 is 5.73 Å². The van der Waals surface area contributed by atoms with E-state index in [-0.39, 0.29) is 5.91 Å². The second kappa shape index (κ2) is 4.25. The molecule has 1 aromatic rings. The van der Waals surface area contributed by atoms with Crippen molar-refractivity contribution in [3.63, 3.8) is 0 Å². The lowest BCUT2D eigenvalue weighted by molar-refractivity contribution is 0.0955. The van der Waals surface area contributed by atoms with Gasteiger partial charge in [-0.05, 0) is 12.5 Å². The number of thiophene rings is 1. The first-order valence-electron chi connectivity index (χ1n) is 4.08. The average molecular weight is 199 g/mol. The number of aryl methyl sites for hydroxylation is 1. The first-order chi connectivity index (χ1) is 6.19. The molecule has 0 aliphatic carbocycles. The highest BCUT2D eigenvalue weighted by atomic mass is 32.1. The van der Waals surface area contributed by atoms with Gasteiger partial charge in [0.05, 0.1) is 10.6 Å². The molecule has 0 aliphatic rings. The zero-order chi connectivity index (χ0) is 9.84. The van der Waals surface area contributed by atoms with Gasteiger partial charge >= 0.3 is 0 Å². The lowest BCUT2D eigenvalue weighted by Crippen LogP contribution is -2.30. The fourth-order valence-electron chi connectivity index (χ4n) is 1.08. The van der Waals surface area contributed by atoms with Gasteiger partial charge in [-0.1, -0.05) is 13.3 Å². The second-order valence-corrected chi connectivity index (χ2v) is 3.88. The van der Waals surface area contributed by atoms with Crippen molar-refractivity contribution in [2.45, 2.75) is 19.8 Å². The molecule has 0 radical (unpaired) electrons. The van der Waals surface area contributed by atoms with E-state index in [4.69, 9.17) is 11.6 Å². The molecule has 0 saturated heterocycles. The molecule has 4 nitrogen and oxygen atoms in total. The zero-order valence-electron chi connectivity index (χ0n) is 7.46. The van der Waals surface area contributed by atoms with Crippen LogP contribution in [0.15, 0.2) is 6.07 Å². The summed E-state index contributed by atoms with van der Waals surface area (Å²) in [5, 5.41) is 0.534. The van der Waals surface area contributed by atoms with Crippen LogP contribution in [0.25, 0.3) is 0 Å². The minimum absolute atomic E-state index is 0.323. The second-order valence-electron chi connectivity index (χ2n) is 2.71. The molecule has 0 spiro atoms. The Morgan fingerprint density at radius 3 is 2.92 bits per heavy atom. The normalized spacial score (nSPS) is 10.0. The highest BCUT2D eigenvalue weighted by Gasteiger charge is 2.11. The Kier molecular flexibility index (Phi) is 3.27. The molecule has 5 N–H and O–H groups in total. The topological polar surface area (TPSA) is 81.1 Å². The van der Waals surface area contributed by atoms with Gasteiger partial charge in [0.25, 0.3) is 5.91 Å². The Morgan fingerprint density at radius 2 is 2.38 bits per heavy atom. The fraction of sp³-hybridized carbons (Fsp3) is 0.375. The quantitative estimate of drug-likeness (QED) is 0.384. The van der Waals surface area contributed by atoms with Crippen molar-refractivity contribution in [3.05, 3.63) is 16.5 Å². The number of hydrogen-bond acceptors (Lipinski definition) is 4. The van der Waals surface area contributed by atoms with E-state index in [1.807, 2.05) is 0 Å². The maximum absolute atomic E-state index is 11.1. The number of amides is 1. The smallest absolute Gasteiger partial charge is 0.268 e. The van der Waals surface area contributed by atoms with Crippen molar-refractivity contribution >= 4 is 22.2 Å². The number of carbonyl (C=O) groups excluding carboxylic acids is 1. The molecule has 1 rings (SSSR count).